The minimum Gasteiger partial charge on any atom is -0.344 e. The number of amides is 2. The van der Waals surface area contributed by atoms with E-state index in [1.165, 1.54) is 6.92 Å². The second kappa shape index (κ2) is 9.66. The van der Waals surface area contributed by atoms with Crippen molar-refractivity contribution in [2.75, 3.05) is 27.2 Å². The monoisotopic (exact) mass is 365 g/mol. The molecule has 2 N–H and O–H groups in total. The van der Waals surface area contributed by atoms with Gasteiger partial charge in [-0.2, -0.15) is 4.98 Å². The van der Waals surface area contributed by atoms with Gasteiger partial charge in [0.25, 0.3) is 0 Å². The van der Waals surface area contributed by atoms with Crippen LogP contribution in [-0.4, -0.2) is 54.0 Å². The van der Waals surface area contributed by atoms with Crippen molar-refractivity contribution in [3.63, 3.8) is 0 Å². The van der Waals surface area contributed by atoms with E-state index in [2.05, 4.69) is 20.8 Å². The molecule has 0 atom stereocenters. The molecule has 0 aromatic carbocycles. The molecule has 1 aromatic rings. The highest BCUT2D eigenvalue weighted by molar-refractivity contribution is 5.76. The van der Waals surface area contributed by atoms with E-state index in [1.54, 1.807) is 11.9 Å². The predicted molar refractivity (Wildman–Crippen MR) is 97.4 cm³/mol. The van der Waals surface area contributed by atoms with Gasteiger partial charge in [-0.3, -0.25) is 9.59 Å². The first-order valence-electron chi connectivity index (χ1n) is 9.47. The van der Waals surface area contributed by atoms with Gasteiger partial charge in [0.1, 0.15) is 5.54 Å². The third-order valence-electron chi connectivity index (χ3n) is 4.94. The lowest BCUT2D eigenvalue weighted by Crippen LogP contribution is -2.45. The maximum Gasteiger partial charge on any atom is 0.227 e. The summed E-state index contributed by atoms with van der Waals surface area (Å²) in [5.41, 5.74) is -0.544. The van der Waals surface area contributed by atoms with Gasteiger partial charge in [0.05, 0.1) is 0 Å². The molecule has 1 aliphatic rings. The molecule has 0 spiro atoms. The number of carbonyl (C=O) groups excluding carboxylic acids is 2. The van der Waals surface area contributed by atoms with Gasteiger partial charge in [-0.15, -0.1) is 0 Å². The number of nitrogens with zero attached hydrogens (tertiary/aromatic N) is 3. The lowest BCUT2D eigenvalue weighted by Gasteiger charge is -2.30. The van der Waals surface area contributed by atoms with E-state index >= 15 is 0 Å². The number of likely N-dealkylation sites (N-methyl/N-ethyl adjacent to an activating group) is 2. The minimum absolute atomic E-state index is 0.0473. The van der Waals surface area contributed by atoms with Gasteiger partial charge in [-0.1, -0.05) is 30.8 Å². The largest absolute Gasteiger partial charge is 0.344 e. The highest BCUT2D eigenvalue weighted by Crippen LogP contribution is 2.34. The van der Waals surface area contributed by atoms with Crippen LogP contribution >= 0.6 is 0 Å². The molecule has 8 heteroatoms. The summed E-state index contributed by atoms with van der Waals surface area (Å²) >= 11 is 0. The van der Waals surface area contributed by atoms with Gasteiger partial charge < -0.3 is 20.1 Å². The second-order valence-electron chi connectivity index (χ2n) is 7.11. The number of aromatic nitrogens is 2. The number of rotatable bonds is 8. The summed E-state index contributed by atoms with van der Waals surface area (Å²) in [6, 6.07) is 0. The molecule has 1 aliphatic carbocycles. The highest BCUT2D eigenvalue weighted by Gasteiger charge is 2.38. The molecular weight excluding hydrogens is 334 g/mol. The zero-order valence-corrected chi connectivity index (χ0v) is 16.1. The summed E-state index contributed by atoms with van der Waals surface area (Å²) in [4.78, 5) is 30.1. The summed E-state index contributed by atoms with van der Waals surface area (Å²) in [5.74, 6) is 0.954. The standard InChI is InChI=1S/C18H31N5O3/c1-14(24)21-18(10-6-4-5-7-11-18)17-20-15(26-22-17)8-9-16(25)23(3)13-12-19-2/h19H,4-13H2,1-3H3,(H,21,24). The smallest absolute Gasteiger partial charge is 0.227 e. The van der Waals surface area contributed by atoms with E-state index in [4.69, 9.17) is 4.52 Å². The number of hydrogen-bond acceptors (Lipinski definition) is 6. The highest BCUT2D eigenvalue weighted by atomic mass is 16.5. The fraction of sp³-hybridized carbons (Fsp3) is 0.778. The molecule has 1 aromatic heterocycles. The normalized spacial score (nSPS) is 16.7. The lowest BCUT2D eigenvalue weighted by molar-refractivity contribution is -0.129. The summed E-state index contributed by atoms with van der Waals surface area (Å²) < 4.78 is 5.38. The SMILES string of the molecule is CNCCN(C)C(=O)CCc1nc(C2(NC(C)=O)CCCCCC2)no1. The Morgan fingerprint density at radius 2 is 1.92 bits per heavy atom. The third kappa shape index (κ3) is 5.52. The van der Waals surface area contributed by atoms with Crippen LogP contribution in [-0.2, 0) is 21.5 Å². The van der Waals surface area contributed by atoms with E-state index in [-0.39, 0.29) is 11.8 Å². The van der Waals surface area contributed by atoms with Crippen molar-refractivity contribution in [1.29, 1.82) is 0 Å². The molecule has 0 unspecified atom stereocenters. The van der Waals surface area contributed by atoms with Crippen LogP contribution in [0.15, 0.2) is 4.52 Å². The molecule has 1 heterocycles. The fourth-order valence-corrected chi connectivity index (χ4v) is 3.43. The lowest BCUT2D eigenvalue weighted by atomic mass is 9.89. The van der Waals surface area contributed by atoms with E-state index in [0.717, 1.165) is 45.1 Å². The maximum absolute atomic E-state index is 12.1. The molecule has 2 amide bonds. The minimum atomic E-state index is -0.544. The second-order valence-corrected chi connectivity index (χ2v) is 7.11. The Kier molecular flexibility index (Phi) is 7.56. The molecule has 26 heavy (non-hydrogen) atoms. The first-order chi connectivity index (χ1) is 12.5. The average Bonchev–Trinajstić information content (AvgIpc) is 2.97. The summed E-state index contributed by atoms with van der Waals surface area (Å²) in [6.45, 7) is 2.94. The van der Waals surface area contributed by atoms with Crippen LogP contribution in [0.2, 0.25) is 0 Å². The molecule has 0 aliphatic heterocycles. The van der Waals surface area contributed by atoms with Crippen LogP contribution in [0.5, 0.6) is 0 Å². The van der Waals surface area contributed by atoms with E-state index in [9.17, 15) is 9.59 Å². The fourth-order valence-electron chi connectivity index (χ4n) is 3.43. The first-order valence-corrected chi connectivity index (χ1v) is 9.47. The maximum atomic E-state index is 12.1. The summed E-state index contributed by atoms with van der Waals surface area (Å²) in [6.07, 6.45) is 6.73. The Bertz CT molecular complexity index is 593. The van der Waals surface area contributed by atoms with Gasteiger partial charge in [0.15, 0.2) is 5.82 Å². The molecular formula is C18H31N5O3. The van der Waals surface area contributed by atoms with E-state index in [1.807, 2.05) is 7.05 Å². The Morgan fingerprint density at radius 1 is 1.23 bits per heavy atom. The van der Waals surface area contributed by atoms with Crippen LogP contribution < -0.4 is 10.6 Å². The van der Waals surface area contributed by atoms with Crippen LogP contribution in [0.3, 0.4) is 0 Å². The number of hydrogen-bond donors (Lipinski definition) is 2. The topological polar surface area (TPSA) is 100 Å². The molecule has 0 saturated heterocycles. The molecule has 1 fully saturated rings. The van der Waals surface area contributed by atoms with E-state index in [0.29, 0.717) is 31.1 Å². The van der Waals surface area contributed by atoms with Crippen molar-refractivity contribution in [2.24, 2.45) is 0 Å². The molecule has 0 radical (unpaired) electrons. The quantitative estimate of drug-likeness (QED) is 0.675. The van der Waals surface area contributed by atoms with Crippen LogP contribution in [0, 0.1) is 0 Å². The van der Waals surface area contributed by atoms with E-state index < -0.39 is 5.54 Å². The van der Waals surface area contributed by atoms with Gasteiger partial charge in [0.2, 0.25) is 17.7 Å². The molecule has 2 rings (SSSR count). The van der Waals surface area contributed by atoms with Crippen molar-refractivity contribution < 1.29 is 14.1 Å². The van der Waals surface area contributed by atoms with Crippen molar-refractivity contribution in [1.82, 2.24) is 25.7 Å². The first kappa shape index (κ1) is 20.4. The number of aryl methyl sites for hydroxylation is 1. The van der Waals surface area contributed by atoms with Crippen LogP contribution in [0.25, 0.3) is 0 Å². The Labute approximate surface area is 155 Å². The summed E-state index contributed by atoms with van der Waals surface area (Å²) in [5, 5.41) is 10.2. The Morgan fingerprint density at radius 3 is 2.54 bits per heavy atom. The van der Waals surface area contributed by atoms with Crippen molar-refractivity contribution in [3.8, 4) is 0 Å². The number of nitrogens with one attached hydrogen (secondary N) is 2. The molecule has 1 saturated carbocycles. The van der Waals surface area contributed by atoms with Gasteiger partial charge in [-0.25, -0.2) is 0 Å². The molecule has 0 bridgehead atoms. The Balaban J connectivity index is 2.01. The van der Waals surface area contributed by atoms with Gasteiger partial charge in [0, 0.05) is 39.9 Å². The zero-order valence-electron chi connectivity index (χ0n) is 16.1. The van der Waals surface area contributed by atoms with Crippen LogP contribution in [0.4, 0.5) is 0 Å². The molecule has 146 valence electrons. The third-order valence-corrected chi connectivity index (χ3v) is 4.94. The van der Waals surface area contributed by atoms with Gasteiger partial charge >= 0.3 is 0 Å². The van der Waals surface area contributed by atoms with Gasteiger partial charge in [-0.05, 0) is 19.9 Å². The van der Waals surface area contributed by atoms with Crippen molar-refractivity contribution in [2.45, 2.75) is 63.8 Å². The number of carbonyl (C=O) groups is 2. The summed E-state index contributed by atoms with van der Waals surface area (Å²) in [7, 11) is 3.65. The molecule has 8 nitrogen and oxygen atoms in total. The predicted octanol–water partition coefficient (Wildman–Crippen LogP) is 1.37. The Hall–Kier alpha value is -1.96. The van der Waals surface area contributed by atoms with Crippen molar-refractivity contribution in [3.05, 3.63) is 11.7 Å². The zero-order chi connectivity index (χ0) is 19.0. The van der Waals surface area contributed by atoms with Crippen LogP contribution in [0.1, 0.15) is 63.6 Å². The average molecular weight is 365 g/mol. The van der Waals surface area contributed by atoms with Crippen molar-refractivity contribution >= 4 is 11.8 Å².